The molecule has 124 valence electrons. The summed E-state index contributed by atoms with van der Waals surface area (Å²) < 4.78 is 5.68. The summed E-state index contributed by atoms with van der Waals surface area (Å²) in [7, 11) is 0. The topological polar surface area (TPSA) is 124 Å². The average molecular weight is 356 g/mol. The monoisotopic (exact) mass is 355 g/mol. The highest BCUT2D eigenvalue weighted by Crippen LogP contribution is 2.35. The van der Waals surface area contributed by atoms with Crippen LogP contribution in [-0.4, -0.2) is 10.6 Å². The van der Waals surface area contributed by atoms with E-state index in [1.54, 1.807) is 37.3 Å². The Morgan fingerprint density at radius 3 is 2.64 bits per heavy atom. The highest BCUT2D eigenvalue weighted by molar-refractivity contribution is 6.32. The lowest BCUT2D eigenvalue weighted by molar-refractivity contribution is -0.384. The van der Waals surface area contributed by atoms with Crippen molar-refractivity contribution in [2.24, 2.45) is 5.10 Å². The first-order valence-electron chi connectivity index (χ1n) is 6.81. The summed E-state index contributed by atoms with van der Waals surface area (Å²) in [6, 6.07) is 12.2. The number of hydrazone groups is 1. The van der Waals surface area contributed by atoms with Gasteiger partial charge in [0.25, 0.3) is 5.69 Å². The molecule has 0 saturated heterocycles. The maximum absolute atomic E-state index is 11.1. The van der Waals surface area contributed by atoms with Crippen LogP contribution in [0.3, 0.4) is 0 Å². The number of aryl methyl sites for hydroxylation is 1. The fourth-order valence-electron chi connectivity index (χ4n) is 1.87. The van der Waals surface area contributed by atoms with Gasteiger partial charge in [0.15, 0.2) is 0 Å². The van der Waals surface area contributed by atoms with E-state index >= 15 is 0 Å². The molecule has 0 bridgehead atoms. The molecule has 0 aromatic heterocycles. The molecule has 0 amide bonds. The first-order chi connectivity index (χ1) is 11.9. The van der Waals surface area contributed by atoms with Crippen molar-refractivity contribution >= 4 is 28.7 Å². The van der Waals surface area contributed by atoms with Crippen LogP contribution in [0.25, 0.3) is 0 Å². The molecular weight excluding hydrogens is 346 g/mol. The van der Waals surface area contributed by atoms with Crippen molar-refractivity contribution in [3.8, 4) is 23.6 Å². The number of nitriles is 2. The number of non-ortho nitro benzene ring substituents is 1. The number of anilines is 1. The van der Waals surface area contributed by atoms with Crippen LogP contribution in [0, 0.1) is 39.7 Å². The van der Waals surface area contributed by atoms with E-state index in [4.69, 9.17) is 26.9 Å². The molecule has 0 aliphatic rings. The van der Waals surface area contributed by atoms with Crippen molar-refractivity contribution in [3.05, 3.63) is 57.1 Å². The second-order valence-electron chi connectivity index (χ2n) is 4.76. The maximum atomic E-state index is 11.1. The van der Waals surface area contributed by atoms with Crippen molar-refractivity contribution in [1.29, 1.82) is 10.5 Å². The van der Waals surface area contributed by atoms with Gasteiger partial charge >= 0.3 is 0 Å². The molecule has 0 unspecified atom stereocenters. The third-order valence-electron chi connectivity index (χ3n) is 2.99. The second-order valence-corrected chi connectivity index (χ2v) is 5.16. The predicted molar refractivity (Wildman–Crippen MR) is 91.6 cm³/mol. The van der Waals surface area contributed by atoms with E-state index in [-0.39, 0.29) is 17.1 Å². The Hall–Kier alpha value is -3.62. The summed E-state index contributed by atoms with van der Waals surface area (Å²) >= 11 is 6.09. The largest absolute Gasteiger partial charge is 0.455 e. The number of nitrogens with one attached hydrogen (secondary N) is 1. The van der Waals surface area contributed by atoms with E-state index in [0.717, 1.165) is 5.56 Å². The molecule has 2 aromatic rings. The maximum Gasteiger partial charge on any atom is 0.275 e. The predicted octanol–water partition coefficient (Wildman–Crippen LogP) is 4.16. The Morgan fingerprint density at radius 1 is 1.32 bits per heavy atom. The zero-order valence-electron chi connectivity index (χ0n) is 12.9. The zero-order chi connectivity index (χ0) is 18.4. The molecule has 1 N–H and O–H groups in total. The van der Waals surface area contributed by atoms with Crippen LogP contribution >= 0.6 is 11.6 Å². The molecular formula is C16H10ClN5O3. The minimum atomic E-state index is -0.600. The summed E-state index contributed by atoms with van der Waals surface area (Å²) in [5, 5.41) is 32.3. The van der Waals surface area contributed by atoms with Crippen molar-refractivity contribution in [2.75, 3.05) is 5.43 Å². The number of benzene rings is 2. The van der Waals surface area contributed by atoms with Crippen LogP contribution in [0.4, 0.5) is 11.4 Å². The summed E-state index contributed by atoms with van der Waals surface area (Å²) in [6.07, 6.45) is 0. The zero-order valence-corrected chi connectivity index (χ0v) is 13.6. The van der Waals surface area contributed by atoms with E-state index in [0.29, 0.717) is 10.8 Å². The SMILES string of the molecule is Cc1cccc(Cl)c1Oc1cc(NN=C(C#N)C#N)cc([N+](=O)[O-])c1. The van der Waals surface area contributed by atoms with Crippen LogP contribution in [0.5, 0.6) is 11.5 Å². The molecule has 0 fully saturated rings. The highest BCUT2D eigenvalue weighted by atomic mass is 35.5. The lowest BCUT2D eigenvalue weighted by atomic mass is 10.2. The highest BCUT2D eigenvalue weighted by Gasteiger charge is 2.13. The van der Waals surface area contributed by atoms with Gasteiger partial charge in [0.2, 0.25) is 5.71 Å². The Labute approximate surface area is 147 Å². The van der Waals surface area contributed by atoms with Gasteiger partial charge in [-0.3, -0.25) is 15.5 Å². The van der Waals surface area contributed by atoms with E-state index in [2.05, 4.69) is 10.5 Å². The van der Waals surface area contributed by atoms with E-state index in [1.165, 1.54) is 18.2 Å². The number of hydrogen-bond donors (Lipinski definition) is 1. The van der Waals surface area contributed by atoms with Gasteiger partial charge in [-0.1, -0.05) is 23.7 Å². The van der Waals surface area contributed by atoms with Gasteiger partial charge in [-0.25, -0.2) is 0 Å². The van der Waals surface area contributed by atoms with Gasteiger partial charge < -0.3 is 4.74 Å². The Morgan fingerprint density at radius 2 is 2.04 bits per heavy atom. The van der Waals surface area contributed by atoms with E-state index < -0.39 is 10.6 Å². The van der Waals surface area contributed by atoms with Crippen LogP contribution in [0.15, 0.2) is 41.5 Å². The summed E-state index contributed by atoms with van der Waals surface area (Å²) in [4.78, 5) is 10.5. The van der Waals surface area contributed by atoms with Crippen molar-refractivity contribution < 1.29 is 9.66 Å². The van der Waals surface area contributed by atoms with E-state index in [9.17, 15) is 10.1 Å². The molecule has 0 aliphatic carbocycles. The molecule has 9 heteroatoms. The molecule has 0 atom stereocenters. The van der Waals surface area contributed by atoms with Gasteiger partial charge in [0.05, 0.1) is 21.7 Å². The first kappa shape index (κ1) is 17.7. The molecule has 8 nitrogen and oxygen atoms in total. The standard InChI is InChI=1S/C16H10ClN5O3/c1-10-3-2-4-15(17)16(10)25-14-6-11(5-13(7-14)22(23)24)20-21-12(8-18)9-19/h2-7,20H,1H3. The Balaban J connectivity index is 2.42. The minimum Gasteiger partial charge on any atom is -0.455 e. The summed E-state index contributed by atoms with van der Waals surface area (Å²) in [5.41, 5.74) is 2.68. The third kappa shape index (κ3) is 4.44. The van der Waals surface area contributed by atoms with Gasteiger partial charge in [0.1, 0.15) is 23.6 Å². The number of para-hydroxylation sites is 1. The fourth-order valence-corrected chi connectivity index (χ4v) is 2.13. The molecule has 0 heterocycles. The normalized spacial score (nSPS) is 9.44. The van der Waals surface area contributed by atoms with E-state index in [1.807, 2.05) is 0 Å². The summed E-state index contributed by atoms with van der Waals surface area (Å²) in [6.45, 7) is 1.79. The number of rotatable bonds is 5. The lowest BCUT2D eigenvalue weighted by Crippen LogP contribution is -1.98. The number of hydrogen-bond acceptors (Lipinski definition) is 7. The molecule has 0 saturated carbocycles. The quantitative estimate of drug-likeness (QED) is 0.487. The van der Waals surface area contributed by atoms with Crippen molar-refractivity contribution in [1.82, 2.24) is 0 Å². The van der Waals surface area contributed by atoms with Gasteiger partial charge in [-0.15, -0.1) is 0 Å². The smallest absolute Gasteiger partial charge is 0.275 e. The van der Waals surface area contributed by atoms with Crippen molar-refractivity contribution in [3.63, 3.8) is 0 Å². The molecule has 0 spiro atoms. The number of ether oxygens (including phenoxy) is 1. The first-order valence-corrected chi connectivity index (χ1v) is 7.18. The average Bonchev–Trinajstić information content (AvgIpc) is 2.59. The lowest BCUT2D eigenvalue weighted by Gasteiger charge is -2.11. The Kier molecular flexibility index (Phi) is 5.51. The molecule has 2 rings (SSSR count). The number of halogens is 1. The molecule has 25 heavy (non-hydrogen) atoms. The third-order valence-corrected chi connectivity index (χ3v) is 3.29. The number of nitrogens with zero attached hydrogens (tertiary/aromatic N) is 4. The van der Waals surface area contributed by atoms with Gasteiger partial charge in [-0.2, -0.15) is 15.6 Å². The summed E-state index contributed by atoms with van der Waals surface area (Å²) in [5.74, 6) is 0.521. The molecule has 0 radical (unpaired) electrons. The number of nitro benzene ring substituents is 1. The molecule has 2 aromatic carbocycles. The number of nitro groups is 1. The van der Waals surface area contributed by atoms with Gasteiger partial charge in [-0.05, 0) is 18.6 Å². The molecule has 0 aliphatic heterocycles. The van der Waals surface area contributed by atoms with Crippen LogP contribution in [0.2, 0.25) is 5.02 Å². The van der Waals surface area contributed by atoms with Crippen LogP contribution in [-0.2, 0) is 0 Å². The minimum absolute atomic E-state index is 0.151. The Bertz CT molecular complexity index is 908. The van der Waals surface area contributed by atoms with Crippen molar-refractivity contribution in [2.45, 2.75) is 6.92 Å². The van der Waals surface area contributed by atoms with Crippen LogP contribution < -0.4 is 10.2 Å². The fraction of sp³-hybridized carbons (Fsp3) is 0.0625. The second kappa shape index (κ2) is 7.77. The van der Waals surface area contributed by atoms with Crippen LogP contribution in [0.1, 0.15) is 5.56 Å². The van der Waals surface area contributed by atoms with Gasteiger partial charge in [0, 0.05) is 12.1 Å².